The first kappa shape index (κ1) is 19.9. The van der Waals surface area contributed by atoms with Crippen LogP contribution in [0.5, 0.6) is 5.75 Å². The summed E-state index contributed by atoms with van der Waals surface area (Å²) in [6.07, 6.45) is 5.75. The number of rotatable bonds is 3. The fourth-order valence-electron chi connectivity index (χ4n) is 3.91. The van der Waals surface area contributed by atoms with Crippen molar-refractivity contribution < 1.29 is 18.3 Å². The molecule has 0 bridgehead atoms. The molecule has 30 heavy (non-hydrogen) atoms. The molecule has 0 radical (unpaired) electrons. The van der Waals surface area contributed by atoms with Crippen molar-refractivity contribution in [2.75, 3.05) is 37.8 Å². The molecule has 0 aromatic carbocycles. The summed E-state index contributed by atoms with van der Waals surface area (Å²) < 4.78 is 32.9. The Balaban J connectivity index is 1.50. The molecule has 1 amide bonds. The van der Waals surface area contributed by atoms with E-state index in [1.807, 2.05) is 11.0 Å². The number of pyridine rings is 1. The molecule has 0 N–H and O–H groups in total. The van der Waals surface area contributed by atoms with Gasteiger partial charge in [-0.25, -0.2) is 18.7 Å². The Morgan fingerprint density at radius 1 is 1.20 bits per heavy atom. The molecule has 8 nitrogen and oxygen atoms in total. The highest BCUT2D eigenvalue weighted by Gasteiger charge is 2.44. The first-order valence-electron chi connectivity index (χ1n) is 9.64. The third-order valence-electron chi connectivity index (χ3n) is 5.67. The smallest absolute Gasteiger partial charge is 0.231 e. The van der Waals surface area contributed by atoms with Crippen LogP contribution in [0.3, 0.4) is 0 Å². The van der Waals surface area contributed by atoms with Gasteiger partial charge in [-0.3, -0.25) is 9.78 Å². The van der Waals surface area contributed by atoms with Crippen molar-refractivity contribution in [3.8, 4) is 11.8 Å². The van der Waals surface area contributed by atoms with Crippen LogP contribution < -0.4 is 9.64 Å². The van der Waals surface area contributed by atoms with Gasteiger partial charge in [-0.2, -0.15) is 5.26 Å². The molecular weight excluding hydrogens is 394 g/mol. The molecule has 1 fully saturated rings. The topological polar surface area (TPSA) is 95.2 Å². The van der Waals surface area contributed by atoms with Crippen LogP contribution in [-0.2, 0) is 11.3 Å². The standard InChI is InChI=1S/C20H20F2N6O2/c21-13-20(1-3-27(4-2-20)19-25-10-16(22)11-26-19)18(29)28-5-6-30-17-14(7-23)8-24-9-15(17)12-28/h8-11H,1-6,12-13H2. The van der Waals surface area contributed by atoms with E-state index < -0.39 is 17.9 Å². The number of aromatic nitrogens is 3. The van der Waals surface area contributed by atoms with E-state index in [1.54, 1.807) is 11.1 Å². The van der Waals surface area contributed by atoms with Gasteiger partial charge in [0.25, 0.3) is 0 Å². The average molecular weight is 414 g/mol. The number of nitrogens with zero attached hydrogens (tertiary/aromatic N) is 6. The molecular formula is C20H20F2N6O2. The molecule has 2 aliphatic heterocycles. The van der Waals surface area contributed by atoms with Crippen LogP contribution >= 0.6 is 0 Å². The van der Waals surface area contributed by atoms with Crippen LogP contribution in [0.4, 0.5) is 14.7 Å². The zero-order chi connectivity index (χ0) is 21.1. The maximum absolute atomic E-state index is 14.2. The van der Waals surface area contributed by atoms with E-state index in [4.69, 9.17) is 4.74 Å². The molecule has 2 aliphatic rings. The number of hydrogen-bond donors (Lipinski definition) is 0. The molecule has 4 rings (SSSR count). The van der Waals surface area contributed by atoms with Gasteiger partial charge in [-0.15, -0.1) is 0 Å². The van der Waals surface area contributed by atoms with Gasteiger partial charge in [0.15, 0.2) is 5.82 Å². The quantitative estimate of drug-likeness (QED) is 0.757. The Labute approximate surface area is 172 Å². The van der Waals surface area contributed by atoms with Gasteiger partial charge >= 0.3 is 0 Å². The summed E-state index contributed by atoms with van der Waals surface area (Å²) in [5.74, 6) is -0.00544. The minimum atomic E-state index is -1.14. The monoisotopic (exact) mass is 414 g/mol. The number of alkyl halides is 1. The van der Waals surface area contributed by atoms with Crippen molar-refractivity contribution in [2.24, 2.45) is 5.41 Å². The number of nitriles is 1. The molecule has 2 aromatic rings. The molecule has 4 heterocycles. The van der Waals surface area contributed by atoms with Gasteiger partial charge in [0.2, 0.25) is 11.9 Å². The highest BCUT2D eigenvalue weighted by Crippen LogP contribution is 2.37. The third-order valence-corrected chi connectivity index (χ3v) is 5.67. The zero-order valence-electron chi connectivity index (χ0n) is 16.2. The van der Waals surface area contributed by atoms with E-state index in [1.165, 1.54) is 6.20 Å². The van der Waals surface area contributed by atoms with E-state index >= 15 is 0 Å². The van der Waals surface area contributed by atoms with Crippen LogP contribution in [0, 0.1) is 22.6 Å². The number of hydrogen-bond acceptors (Lipinski definition) is 7. The van der Waals surface area contributed by atoms with Gasteiger partial charge in [0.1, 0.15) is 30.7 Å². The number of fused-ring (bicyclic) bond motifs is 1. The maximum atomic E-state index is 14.2. The van der Waals surface area contributed by atoms with Crippen LogP contribution in [-0.4, -0.2) is 58.7 Å². The van der Waals surface area contributed by atoms with E-state index in [9.17, 15) is 18.8 Å². The molecule has 1 saturated heterocycles. The number of ether oxygens (including phenoxy) is 1. The molecule has 0 spiro atoms. The predicted molar refractivity (Wildman–Crippen MR) is 102 cm³/mol. The summed E-state index contributed by atoms with van der Waals surface area (Å²) in [4.78, 5) is 28.7. The lowest BCUT2D eigenvalue weighted by molar-refractivity contribution is -0.145. The van der Waals surface area contributed by atoms with Crippen molar-refractivity contribution in [1.82, 2.24) is 19.9 Å². The fraction of sp³-hybridized carbons (Fsp3) is 0.450. The molecule has 0 aliphatic carbocycles. The molecule has 2 aromatic heterocycles. The lowest BCUT2D eigenvalue weighted by Crippen LogP contribution is -2.52. The SMILES string of the molecule is N#Cc1cncc2c1OCCN(C(=O)C1(CF)CCN(c3ncc(F)cn3)CC1)C2. The van der Waals surface area contributed by atoms with Gasteiger partial charge in [0, 0.05) is 31.0 Å². The number of carbonyl (C=O) groups excluding carboxylic acids is 1. The number of halogens is 2. The van der Waals surface area contributed by atoms with E-state index in [0.717, 1.165) is 12.4 Å². The first-order valence-corrected chi connectivity index (χ1v) is 9.64. The van der Waals surface area contributed by atoms with E-state index in [2.05, 4.69) is 15.0 Å². The van der Waals surface area contributed by atoms with Crippen LogP contribution in [0.25, 0.3) is 0 Å². The summed E-state index contributed by atoms with van der Waals surface area (Å²) in [6, 6.07) is 2.04. The Morgan fingerprint density at radius 3 is 2.60 bits per heavy atom. The summed E-state index contributed by atoms with van der Waals surface area (Å²) in [7, 11) is 0. The molecule has 0 unspecified atom stereocenters. The van der Waals surface area contributed by atoms with Crippen LogP contribution in [0.15, 0.2) is 24.8 Å². The maximum Gasteiger partial charge on any atom is 0.231 e. The molecule has 0 atom stereocenters. The second kappa shape index (κ2) is 8.18. The zero-order valence-corrected chi connectivity index (χ0v) is 16.2. The Morgan fingerprint density at radius 2 is 1.93 bits per heavy atom. The predicted octanol–water partition coefficient (Wildman–Crippen LogP) is 1.86. The molecule has 10 heteroatoms. The Hall–Kier alpha value is -3.35. The van der Waals surface area contributed by atoms with Crippen LogP contribution in [0.2, 0.25) is 0 Å². The highest BCUT2D eigenvalue weighted by molar-refractivity contribution is 5.83. The van der Waals surface area contributed by atoms with Gasteiger partial charge in [-0.1, -0.05) is 0 Å². The Kier molecular flexibility index (Phi) is 5.44. The van der Waals surface area contributed by atoms with Crippen molar-refractivity contribution in [1.29, 1.82) is 5.26 Å². The number of amides is 1. The number of piperidine rings is 1. The van der Waals surface area contributed by atoms with E-state index in [0.29, 0.717) is 55.3 Å². The molecule has 0 saturated carbocycles. The summed E-state index contributed by atoms with van der Waals surface area (Å²) in [5.41, 5.74) is -0.193. The van der Waals surface area contributed by atoms with Crippen molar-refractivity contribution in [3.63, 3.8) is 0 Å². The lowest BCUT2D eigenvalue weighted by Gasteiger charge is -2.41. The first-order chi connectivity index (χ1) is 14.6. The highest BCUT2D eigenvalue weighted by atomic mass is 19.1. The molecule has 156 valence electrons. The lowest BCUT2D eigenvalue weighted by atomic mass is 9.78. The summed E-state index contributed by atoms with van der Waals surface area (Å²) in [5, 5.41) is 9.24. The van der Waals surface area contributed by atoms with Crippen molar-refractivity contribution in [3.05, 3.63) is 41.7 Å². The van der Waals surface area contributed by atoms with Crippen LogP contribution in [0.1, 0.15) is 24.0 Å². The van der Waals surface area contributed by atoms with Gasteiger partial charge < -0.3 is 14.5 Å². The Bertz CT molecular complexity index is 970. The summed E-state index contributed by atoms with van der Waals surface area (Å²) in [6.45, 7) is 0.735. The van der Waals surface area contributed by atoms with Gasteiger partial charge in [-0.05, 0) is 12.8 Å². The van der Waals surface area contributed by atoms with E-state index in [-0.39, 0.29) is 19.1 Å². The second-order valence-corrected chi connectivity index (χ2v) is 7.46. The summed E-state index contributed by atoms with van der Waals surface area (Å²) >= 11 is 0. The normalized spacial score (nSPS) is 18.0. The van der Waals surface area contributed by atoms with Crippen molar-refractivity contribution in [2.45, 2.75) is 19.4 Å². The fourth-order valence-corrected chi connectivity index (χ4v) is 3.91. The average Bonchev–Trinajstić information content (AvgIpc) is 3.01. The minimum Gasteiger partial charge on any atom is -0.490 e. The third kappa shape index (κ3) is 3.63. The van der Waals surface area contributed by atoms with Crippen molar-refractivity contribution >= 4 is 11.9 Å². The number of anilines is 1. The van der Waals surface area contributed by atoms with Gasteiger partial charge in [0.05, 0.1) is 30.9 Å². The second-order valence-electron chi connectivity index (χ2n) is 7.46. The largest absolute Gasteiger partial charge is 0.490 e. The minimum absolute atomic E-state index is 0.212. The number of carbonyl (C=O) groups is 1.